The van der Waals surface area contributed by atoms with E-state index in [9.17, 15) is 9.18 Å². The van der Waals surface area contributed by atoms with Gasteiger partial charge in [-0.2, -0.15) is 0 Å². The third kappa shape index (κ3) is 3.83. The normalized spacial score (nSPS) is 14.7. The number of para-hydroxylation sites is 1. The molecule has 120 valence electrons. The summed E-state index contributed by atoms with van der Waals surface area (Å²) in [6.07, 6.45) is 4.31. The van der Waals surface area contributed by atoms with Crippen LogP contribution in [0.2, 0.25) is 0 Å². The van der Waals surface area contributed by atoms with Crippen molar-refractivity contribution in [2.75, 3.05) is 5.32 Å². The van der Waals surface area contributed by atoms with Crippen molar-refractivity contribution in [2.45, 2.75) is 38.6 Å². The highest BCUT2D eigenvalue weighted by atomic mass is 19.1. The van der Waals surface area contributed by atoms with Gasteiger partial charge in [0.2, 0.25) is 0 Å². The second-order valence-corrected chi connectivity index (χ2v) is 5.75. The molecular formula is C17H19FN4O. The van der Waals surface area contributed by atoms with Gasteiger partial charge < -0.3 is 10.6 Å². The number of aryl methyl sites for hydroxylation is 1. The Kier molecular flexibility index (Phi) is 4.50. The van der Waals surface area contributed by atoms with Crippen molar-refractivity contribution in [2.24, 2.45) is 0 Å². The predicted octanol–water partition coefficient (Wildman–Crippen LogP) is 3.34. The third-order valence-electron chi connectivity index (χ3n) is 3.90. The first-order valence-corrected chi connectivity index (χ1v) is 7.80. The Morgan fingerprint density at radius 3 is 2.70 bits per heavy atom. The van der Waals surface area contributed by atoms with Crippen molar-refractivity contribution in [3.05, 3.63) is 47.7 Å². The molecule has 1 fully saturated rings. The number of hydrogen-bond acceptors (Lipinski definition) is 4. The van der Waals surface area contributed by atoms with Crippen LogP contribution in [-0.2, 0) is 0 Å². The Hall–Kier alpha value is -2.50. The molecule has 1 aromatic heterocycles. The Labute approximate surface area is 134 Å². The molecule has 0 unspecified atom stereocenters. The van der Waals surface area contributed by atoms with Gasteiger partial charge in [-0.3, -0.25) is 4.79 Å². The van der Waals surface area contributed by atoms with E-state index in [0.29, 0.717) is 23.0 Å². The van der Waals surface area contributed by atoms with E-state index in [1.165, 1.54) is 6.07 Å². The molecule has 0 atom stereocenters. The van der Waals surface area contributed by atoms with Crippen LogP contribution >= 0.6 is 0 Å². The maximum Gasteiger partial charge on any atom is 0.270 e. The highest BCUT2D eigenvalue weighted by molar-refractivity contribution is 5.93. The molecule has 0 bridgehead atoms. The molecular weight excluding hydrogens is 295 g/mol. The van der Waals surface area contributed by atoms with Crippen LogP contribution in [0.3, 0.4) is 0 Å². The lowest BCUT2D eigenvalue weighted by Crippen LogP contribution is -2.33. The molecule has 5 nitrogen and oxygen atoms in total. The molecule has 2 aromatic rings. The summed E-state index contributed by atoms with van der Waals surface area (Å²) in [5.74, 6) is 0.279. The molecule has 1 aliphatic carbocycles. The molecule has 0 spiro atoms. The summed E-state index contributed by atoms with van der Waals surface area (Å²) in [6.45, 7) is 1.71. The number of benzene rings is 1. The monoisotopic (exact) mass is 314 g/mol. The van der Waals surface area contributed by atoms with Crippen LogP contribution < -0.4 is 10.6 Å². The van der Waals surface area contributed by atoms with Crippen LogP contribution in [0.4, 0.5) is 15.9 Å². The van der Waals surface area contributed by atoms with Gasteiger partial charge >= 0.3 is 0 Å². The second-order valence-electron chi connectivity index (χ2n) is 5.75. The smallest absolute Gasteiger partial charge is 0.270 e. The zero-order chi connectivity index (χ0) is 16.2. The molecule has 0 aliphatic heterocycles. The van der Waals surface area contributed by atoms with Crippen molar-refractivity contribution >= 4 is 17.4 Å². The number of hydrogen-bond donors (Lipinski definition) is 2. The van der Waals surface area contributed by atoms with E-state index >= 15 is 0 Å². The van der Waals surface area contributed by atoms with Crippen LogP contribution in [0.15, 0.2) is 30.3 Å². The van der Waals surface area contributed by atoms with Crippen molar-refractivity contribution < 1.29 is 9.18 Å². The number of anilines is 2. The summed E-state index contributed by atoms with van der Waals surface area (Å²) in [5.41, 5.74) is 0.607. The highest BCUT2D eigenvalue weighted by Crippen LogP contribution is 2.20. The maximum atomic E-state index is 13.7. The van der Waals surface area contributed by atoms with Gasteiger partial charge in [-0.05, 0) is 31.9 Å². The number of aromatic nitrogens is 2. The fourth-order valence-corrected chi connectivity index (χ4v) is 2.78. The highest BCUT2D eigenvalue weighted by Gasteiger charge is 2.19. The van der Waals surface area contributed by atoms with E-state index in [-0.39, 0.29) is 17.8 Å². The first-order valence-electron chi connectivity index (χ1n) is 7.80. The van der Waals surface area contributed by atoms with Gasteiger partial charge in [0.25, 0.3) is 5.91 Å². The van der Waals surface area contributed by atoms with Gasteiger partial charge in [-0.1, -0.05) is 25.0 Å². The molecule has 1 aliphatic rings. The summed E-state index contributed by atoms with van der Waals surface area (Å²) in [4.78, 5) is 20.7. The standard InChI is InChI=1S/C17H19FN4O/c1-11-19-15(17(23)21-12-6-2-3-7-12)10-16(20-11)22-14-9-5-4-8-13(14)18/h4-5,8-10,12H,2-3,6-7H2,1H3,(H,21,23)(H,19,20,22). The summed E-state index contributed by atoms with van der Waals surface area (Å²) in [5, 5.41) is 5.89. The van der Waals surface area contributed by atoms with Gasteiger partial charge in [-0.25, -0.2) is 14.4 Å². The van der Waals surface area contributed by atoms with Crippen LogP contribution in [-0.4, -0.2) is 21.9 Å². The van der Waals surface area contributed by atoms with Crippen molar-refractivity contribution in [3.8, 4) is 0 Å². The van der Waals surface area contributed by atoms with E-state index in [4.69, 9.17) is 0 Å². The van der Waals surface area contributed by atoms with E-state index in [1.54, 1.807) is 31.2 Å². The zero-order valence-electron chi connectivity index (χ0n) is 13.0. The second kappa shape index (κ2) is 6.73. The fraction of sp³-hybridized carbons (Fsp3) is 0.353. The minimum atomic E-state index is -0.374. The number of rotatable bonds is 4. The fourth-order valence-electron chi connectivity index (χ4n) is 2.78. The summed E-state index contributed by atoms with van der Waals surface area (Å²) in [6, 6.07) is 8.10. The van der Waals surface area contributed by atoms with Crippen molar-refractivity contribution in [1.82, 2.24) is 15.3 Å². The van der Waals surface area contributed by atoms with Gasteiger partial charge in [0.05, 0.1) is 5.69 Å². The molecule has 0 radical (unpaired) electrons. The Balaban J connectivity index is 1.78. The topological polar surface area (TPSA) is 66.9 Å². The maximum absolute atomic E-state index is 13.7. The molecule has 1 amide bonds. The Morgan fingerprint density at radius 1 is 1.22 bits per heavy atom. The molecule has 0 saturated heterocycles. The predicted molar refractivity (Wildman–Crippen MR) is 86.2 cm³/mol. The summed E-state index contributed by atoms with van der Waals surface area (Å²) >= 11 is 0. The first kappa shape index (κ1) is 15.4. The molecule has 1 saturated carbocycles. The summed E-state index contributed by atoms with van der Waals surface area (Å²) < 4.78 is 13.7. The zero-order valence-corrected chi connectivity index (χ0v) is 13.0. The van der Waals surface area contributed by atoms with Crippen molar-refractivity contribution in [3.63, 3.8) is 0 Å². The van der Waals surface area contributed by atoms with Gasteiger partial charge in [0.1, 0.15) is 23.2 Å². The van der Waals surface area contributed by atoms with Crippen LogP contribution in [0, 0.1) is 12.7 Å². The number of amides is 1. The molecule has 6 heteroatoms. The van der Waals surface area contributed by atoms with Gasteiger partial charge in [0.15, 0.2) is 0 Å². The molecule has 3 rings (SSSR count). The minimum Gasteiger partial charge on any atom is -0.348 e. The average molecular weight is 314 g/mol. The lowest BCUT2D eigenvalue weighted by atomic mass is 10.2. The van der Waals surface area contributed by atoms with Crippen LogP contribution in [0.5, 0.6) is 0 Å². The summed E-state index contributed by atoms with van der Waals surface area (Å²) in [7, 11) is 0. The number of nitrogens with zero attached hydrogens (tertiary/aromatic N) is 2. The molecule has 23 heavy (non-hydrogen) atoms. The van der Waals surface area contributed by atoms with Crippen molar-refractivity contribution in [1.29, 1.82) is 0 Å². The molecule has 2 N–H and O–H groups in total. The van der Waals surface area contributed by atoms with E-state index in [1.807, 2.05) is 0 Å². The lowest BCUT2D eigenvalue weighted by Gasteiger charge is -2.13. The largest absolute Gasteiger partial charge is 0.348 e. The third-order valence-corrected chi connectivity index (χ3v) is 3.90. The van der Waals surface area contributed by atoms with E-state index in [0.717, 1.165) is 25.7 Å². The Morgan fingerprint density at radius 2 is 1.96 bits per heavy atom. The Bertz CT molecular complexity index is 713. The number of nitrogens with one attached hydrogen (secondary N) is 2. The van der Waals surface area contributed by atoms with Gasteiger partial charge in [-0.15, -0.1) is 0 Å². The van der Waals surface area contributed by atoms with Crippen LogP contribution in [0.1, 0.15) is 42.0 Å². The molecule has 1 aromatic carbocycles. The SMILES string of the molecule is Cc1nc(Nc2ccccc2F)cc(C(=O)NC2CCCC2)n1. The first-order chi connectivity index (χ1) is 11.1. The number of halogens is 1. The average Bonchev–Trinajstić information content (AvgIpc) is 3.02. The van der Waals surface area contributed by atoms with E-state index < -0.39 is 0 Å². The van der Waals surface area contributed by atoms with Crippen LogP contribution in [0.25, 0.3) is 0 Å². The lowest BCUT2D eigenvalue weighted by molar-refractivity contribution is 0.0932. The minimum absolute atomic E-state index is 0.209. The number of carbonyl (C=O) groups is 1. The molecule has 1 heterocycles. The number of carbonyl (C=O) groups excluding carboxylic acids is 1. The quantitative estimate of drug-likeness (QED) is 0.908. The van der Waals surface area contributed by atoms with E-state index in [2.05, 4.69) is 20.6 Å². The van der Waals surface area contributed by atoms with Gasteiger partial charge in [0, 0.05) is 12.1 Å².